The summed E-state index contributed by atoms with van der Waals surface area (Å²) in [6, 6.07) is 7.53. The number of rotatable bonds is 7. The van der Waals surface area contributed by atoms with Crippen molar-refractivity contribution in [3.05, 3.63) is 24.3 Å². The van der Waals surface area contributed by atoms with E-state index in [1.807, 2.05) is 24.3 Å². The predicted molar refractivity (Wildman–Crippen MR) is 91.2 cm³/mol. The molecule has 0 aliphatic heterocycles. The average Bonchev–Trinajstić information content (AvgIpc) is 3.36. The van der Waals surface area contributed by atoms with Crippen LogP contribution in [0.1, 0.15) is 45.4 Å². The summed E-state index contributed by atoms with van der Waals surface area (Å²) in [5.74, 6) is 0.335. The molecule has 1 N–H and O–H groups in total. The number of hydrogen-bond donors (Lipinski definition) is 1. The number of benzene rings is 1. The number of carboxylic acid groups (broad SMARTS) is 1. The predicted octanol–water partition coefficient (Wildman–Crippen LogP) is 3.47. The van der Waals surface area contributed by atoms with Crippen LogP contribution in [0, 0.1) is 11.3 Å². The molecule has 1 unspecified atom stereocenters. The van der Waals surface area contributed by atoms with Gasteiger partial charge in [0.05, 0.1) is 12.5 Å². The van der Waals surface area contributed by atoms with E-state index in [4.69, 9.17) is 4.74 Å². The molecule has 0 heterocycles. The van der Waals surface area contributed by atoms with E-state index in [2.05, 4.69) is 6.92 Å². The zero-order chi connectivity index (χ0) is 17.3. The highest BCUT2D eigenvalue weighted by Gasteiger charge is 2.47. The second-order valence-corrected chi connectivity index (χ2v) is 7.16. The molecule has 24 heavy (non-hydrogen) atoms. The molecule has 2 fully saturated rings. The van der Waals surface area contributed by atoms with Gasteiger partial charge in [0, 0.05) is 18.2 Å². The Morgan fingerprint density at radius 1 is 1.29 bits per heavy atom. The van der Waals surface area contributed by atoms with E-state index in [-0.39, 0.29) is 18.4 Å². The number of nitrogens with zero attached hydrogens (tertiary/aromatic N) is 1. The summed E-state index contributed by atoms with van der Waals surface area (Å²) in [6.07, 6.45) is 4.44. The molecule has 130 valence electrons. The first-order valence-corrected chi connectivity index (χ1v) is 8.66. The summed E-state index contributed by atoms with van der Waals surface area (Å²) in [4.78, 5) is 26.4. The first-order valence-electron chi connectivity index (χ1n) is 8.66. The SMILES string of the molecule is COc1ccc(N(C(=O)CC2(C(=O)O)CCC2)C(C)C2CC2)cc1. The number of hydrogen-bond acceptors (Lipinski definition) is 3. The van der Waals surface area contributed by atoms with Crippen LogP contribution in [0.5, 0.6) is 5.75 Å². The van der Waals surface area contributed by atoms with Crippen molar-refractivity contribution in [1.29, 1.82) is 0 Å². The monoisotopic (exact) mass is 331 g/mol. The van der Waals surface area contributed by atoms with Gasteiger partial charge in [-0.25, -0.2) is 0 Å². The largest absolute Gasteiger partial charge is 0.497 e. The van der Waals surface area contributed by atoms with Gasteiger partial charge in [-0.05, 0) is 62.8 Å². The van der Waals surface area contributed by atoms with Crippen molar-refractivity contribution in [3.63, 3.8) is 0 Å². The molecule has 1 aromatic rings. The highest BCUT2D eigenvalue weighted by atomic mass is 16.5. The molecule has 1 aromatic carbocycles. The van der Waals surface area contributed by atoms with Gasteiger partial charge in [0.15, 0.2) is 0 Å². The maximum absolute atomic E-state index is 13.0. The fourth-order valence-corrected chi connectivity index (χ4v) is 3.58. The Morgan fingerprint density at radius 2 is 1.92 bits per heavy atom. The molecule has 3 rings (SSSR count). The second-order valence-electron chi connectivity index (χ2n) is 7.16. The van der Waals surface area contributed by atoms with Gasteiger partial charge < -0.3 is 14.7 Å². The lowest BCUT2D eigenvalue weighted by atomic mass is 9.66. The van der Waals surface area contributed by atoms with E-state index >= 15 is 0 Å². The Bertz CT molecular complexity index is 617. The van der Waals surface area contributed by atoms with E-state index in [1.165, 1.54) is 0 Å². The van der Waals surface area contributed by atoms with Gasteiger partial charge in [0.2, 0.25) is 5.91 Å². The number of anilines is 1. The Balaban J connectivity index is 1.83. The minimum absolute atomic E-state index is 0.0818. The van der Waals surface area contributed by atoms with Gasteiger partial charge in [-0.2, -0.15) is 0 Å². The topological polar surface area (TPSA) is 66.8 Å². The minimum atomic E-state index is -0.856. The lowest BCUT2D eigenvalue weighted by Crippen LogP contribution is -2.47. The van der Waals surface area contributed by atoms with E-state index in [0.29, 0.717) is 18.8 Å². The molecule has 2 aliphatic rings. The van der Waals surface area contributed by atoms with Crippen LogP contribution in [0.3, 0.4) is 0 Å². The maximum Gasteiger partial charge on any atom is 0.310 e. The van der Waals surface area contributed by atoms with Crippen LogP contribution >= 0.6 is 0 Å². The number of aliphatic carboxylic acids is 1. The van der Waals surface area contributed by atoms with Crippen molar-refractivity contribution in [2.75, 3.05) is 12.0 Å². The third-order valence-corrected chi connectivity index (χ3v) is 5.58. The second kappa shape index (κ2) is 6.46. The number of ether oxygens (including phenoxy) is 1. The number of methoxy groups -OCH3 is 1. The molecule has 1 amide bonds. The van der Waals surface area contributed by atoms with Gasteiger partial charge in [0.1, 0.15) is 5.75 Å². The van der Waals surface area contributed by atoms with Crippen LogP contribution < -0.4 is 9.64 Å². The van der Waals surface area contributed by atoms with Crippen molar-refractivity contribution >= 4 is 17.6 Å². The van der Waals surface area contributed by atoms with Gasteiger partial charge in [0.25, 0.3) is 0 Å². The standard InChI is InChI=1S/C19H25NO4/c1-13(14-4-5-14)20(15-6-8-16(24-2)9-7-15)17(21)12-19(18(22)23)10-3-11-19/h6-9,13-14H,3-5,10-12H2,1-2H3,(H,22,23). The van der Waals surface area contributed by atoms with E-state index in [1.54, 1.807) is 12.0 Å². The van der Waals surface area contributed by atoms with E-state index in [9.17, 15) is 14.7 Å². The number of carboxylic acids is 1. The molecule has 5 nitrogen and oxygen atoms in total. The highest BCUT2D eigenvalue weighted by molar-refractivity contribution is 5.97. The van der Waals surface area contributed by atoms with Crippen LogP contribution in [0.15, 0.2) is 24.3 Å². The smallest absolute Gasteiger partial charge is 0.310 e. The molecule has 0 radical (unpaired) electrons. The molecule has 5 heteroatoms. The van der Waals surface area contributed by atoms with Crippen molar-refractivity contribution in [2.45, 2.75) is 51.5 Å². The summed E-state index contributed by atoms with van der Waals surface area (Å²) in [6.45, 7) is 2.06. The zero-order valence-corrected chi connectivity index (χ0v) is 14.3. The van der Waals surface area contributed by atoms with Crippen LogP contribution in [0.25, 0.3) is 0 Å². The van der Waals surface area contributed by atoms with E-state index < -0.39 is 11.4 Å². The molecule has 1 atom stereocenters. The molecular weight excluding hydrogens is 306 g/mol. The van der Waals surface area contributed by atoms with Crippen LogP contribution in [-0.4, -0.2) is 30.1 Å². The van der Waals surface area contributed by atoms with Crippen LogP contribution in [0.2, 0.25) is 0 Å². The summed E-state index contributed by atoms with van der Waals surface area (Å²) in [5.41, 5.74) is -0.0366. The summed E-state index contributed by atoms with van der Waals surface area (Å²) in [7, 11) is 1.61. The summed E-state index contributed by atoms with van der Waals surface area (Å²) < 4.78 is 5.19. The zero-order valence-electron chi connectivity index (χ0n) is 14.3. The number of amides is 1. The molecule has 0 saturated heterocycles. The van der Waals surface area contributed by atoms with Crippen molar-refractivity contribution < 1.29 is 19.4 Å². The third-order valence-electron chi connectivity index (χ3n) is 5.58. The van der Waals surface area contributed by atoms with Gasteiger partial charge >= 0.3 is 5.97 Å². The summed E-state index contributed by atoms with van der Waals surface area (Å²) >= 11 is 0. The molecule has 0 aromatic heterocycles. The van der Waals surface area contributed by atoms with Crippen LogP contribution in [0.4, 0.5) is 5.69 Å². The fourth-order valence-electron chi connectivity index (χ4n) is 3.58. The minimum Gasteiger partial charge on any atom is -0.497 e. The van der Waals surface area contributed by atoms with Gasteiger partial charge in [-0.15, -0.1) is 0 Å². The fraction of sp³-hybridized carbons (Fsp3) is 0.579. The molecule has 2 saturated carbocycles. The Kier molecular flexibility index (Phi) is 4.52. The molecule has 0 spiro atoms. The number of carbonyl (C=O) groups excluding carboxylic acids is 1. The third kappa shape index (κ3) is 3.12. The lowest BCUT2D eigenvalue weighted by Gasteiger charge is -2.39. The van der Waals surface area contributed by atoms with Gasteiger partial charge in [-0.3, -0.25) is 9.59 Å². The average molecular weight is 331 g/mol. The Labute approximate surface area is 142 Å². The maximum atomic E-state index is 13.0. The first-order chi connectivity index (χ1) is 11.5. The highest BCUT2D eigenvalue weighted by Crippen LogP contribution is 2.46. The van der Waals surface area contributed by atoms with Crippen molar-refractivity contribution in [2.24, 2.45) is 11.3 Å². The Morgan fingerprint density at radius 3 is 2.33 bits per heavy atom. The molecule has 0 bridgehead atoms. The van der Waals surface area contributed by atoms with Crippen molar-refractivity contribution in [3.8, 4) is 5.75 Å². The van der Waals surface area contributed by atoms with E-state index in [0.717, 1.165) is 30.7 Å². The number of carbonyl (C=O) groups is 2. The Hall–Kier alpha value is -2.04. The quantitative estimate of drug-likeness (QED) is 0.831. The molecular formula is C19H25NO4. The normalized spacial score (nSPS) is 19.9. The summed E-state index contributed by atoms with van der Waals surface area (Å²) in [5, 5.41) is 9.53. The van der Waals surface area contributed by atoms with Crippen LogP contribution in [-0.2, 0) is 9.59 Å². The first kappa shape index (κ1) is 16.8. The van der Waals surface area contributed by atoms with Gasteiger partial charge in [-0.1, -0.05) is 6.42 Å². The van der Waals surface area contributed by atoms with Crippen molar-refractivity contribution in [1.82, 2.24) is 0 Å². The lowest BCUT2D eigenvalue weighted by molar-refractivity contribution is -0.157. The molecule has 2 aliphatic carbocycles.